The zero-order valence-electron chi connectivity index (χ0n) is 14.5. The van der Waals surface area contributed by atoms with Crippen molar-refractivity contribution in [2.75, 3.05) is 13.1 Å². The third kappa shape index (κ3) is 4.42. The van der Waals surface area contributed by atoms with E-state index in [0.717, 1.165) is 12.8 Å². The van der Waals surface area contributed by atoms with Gasteiger partial charge in [-0.1, -0.05) is 32.1 Å². The Labute approximate surface area is 151 Å². The summed E-state index contributed by atoms with van der Waals surface area (Å²) in [7, 11) is 0. The van der Waals surface area contributed by atoms with Crippen molar-refractivity contribution in [1.82, 2.24) is 10.2 Å². The van der Waals surface area contributed by atoms with Gasteiger partial charge in [0.2, 0.25) is 11.8 Å². The Morgan fingerprint density at radius 2 is 1.75 bits per heavy atom. The quantitative estimate of drug-likeness (QED) is 0.792. The first-order valence-corrected chi connectivity index (χ1v) is 9.49. The molecule has 3 aliphatic rings. The third-order valence-electron chi connectivity index (χ3n) is 6.10. The van der Waals surface area contributed by atoms with E-state index in [-0.39, 0.29) is 36.2 Å². The number of carbonyl (C=O) groups excluding carboxylic acids is 2. The van der Waals surface area contributed by atoms with Crippen LogP contribution in [0.2, 0.25) is 0 Å². The number of nitrogens with one attached hydrogen (secondary N) is 1. The van der Waals surface area contributed by atoms with Gasteiger partial charge in [0.25, 0.3) is 0 Å². The number of amides is 2. The number of likely N-dealkylation sites (tertiary alicyclic amines) is 1. The summed E-state index contributed by atoms with van der Waals surface area (Å²) in [6, 6.07) is 0.461. The molecule has 6 heteroatoms. The van der Waals surface area contributed by atoms with Crippen LogP contribution in [0.5, 0.6) is 0 Å². The van der Waals surface area contributed by atoms with Crippen molar-refractivity contribution < 1.29 is 9.59 Å². The molecule has 0 bridgehead atoms. The molecule has 2 unspecified atom stereocenters. The largest absolute Gasteiger partial charge is 0.352 e. The van der Waals surface area contributed by atoms with Crippen LogP contribution in [-0.2, 0) is 9.59 Å². The molecule has 138 valence electrons. The zero-order valence-corrected chi connectivity index (χ0v) is 15.4. The lowest BCUT2D eigenvalue weighted by atomic mass is 9.83. The number of rotatable bonds is 5. The van der Waals surface area contributed by atoms with Gasteiger partial charge in [-0.15, -0.1) is 12.4 Å². The molecule has 2 amide bonds. The summed E-state index contributed by atoms with van der Waals surface area (Å²) in [5, 5.41) is 3.17. The number of hydrogen-bond donors (Lipinski definition) is 2. The first-order valence-electron chi connectivity index (χ1n) is 9.49. The van der Waals surface area contributed by atoms with Crippen LogP contribution in [0.25, 0.3) is 0 Å². The molecule has 3 N–H and O–H groups in total. The lowest BCUT2D eigenvalue weighted by Crippen LogP contribution is -2.48. The SMILES string of the molecule is Cl.NCC(NC(=O)C1CC(=O)N(C2CCCC2)C1)C1CCCCC1. The lowest BCUT2D eigenvalue weighted by Gasteiger charge is -2.31. The van der Waals surface area contributed by atoms with Crippen molar-refractivity contribution in [3.8, 4) is 0 Å². The molecule has 2 atom stereocenters. The minimum atomic E-state index is -0.180. The fraction of sp³-hybridized carbons (Fsp3) is 0.889. The van der Waals surface area contributed by atoms with Gasteiger partial charge in [0, 0.05) is 31.6 Å². The summed E-state index contributed by atoms with van der Waals surface area (Å²) in [5.74, 6) is 0.542. The van der Waals surface area contributed by atoms with E-state index in [1.807, 2.05) is 4.90 Å². The predicted octanol–water partition coefficient (Wildman–Crippen LogP) is 2.22. The van der Waals surface area contributed by atoms with Gasteiger partial charge >= 0.3 is 0 Å². The summed E-state index contributed by atoms with van der Waals surface area (Å²) in [6.45, 7) is 1.11. The van der Waals surface area contributed by atoms with Gasteiger partial charge in [-0.3, -0.25) is 9.59 Å². The molecule has 1 saturated heterocycles. The minimum Gasteiger partial charge on any atom is -0.352 e. The van der Waals surface area contributed by atoms with Crippen LogP contribution in [0.3, 0.4) is 0 Å². The number of hydrogen-bond acceptors (Lipinski definition) is 3. The van der Waals surface area contributed by atoms with E-state index < -0.39 is 0 Å². The monoisotopic (exact) mass is 357 g/mol. The minimum absolute atomic E-state index is 0. The maximum absolute atomic E-state index is 12.6. The predicted molar refractivity (Wildman–Crippen MR) is 96.9 cm³/mol. The Morgan fingerprint density at radius 1 is 1.12 bits per heavy atom. The van der Waals surface area contributed by atoms with E-state index in [0.29, 0.717) is 31.5 Å². The van der Waals surface area contributed by atoms with Crippen LogP contribution in [-0.4, -0.2) is 41.9 Å². The molecule has 1 aliphatic heterocycles. The highest BCUT2D eigenvalue weighted by atomic mass is 35.5. The van der Waals surface area contributed by atoms with Gasteiger partial charge in [0.1, 0.15) is 0 Å². The summed E-state index contributed by atoms with van der Waals surface area (Å²) < 4.78 is 0. The Kier molecular flexibility index (Phi) is 7.35. The Bertz CT molecular complexity index is 434. The summed E-state index contributed by atoms with van der Waals surface area (Å²) in [5.41, 5.74) is 5.91. The Hall–Kier alpha value is -0.810. The molecular formula is C18H32ClN3O2. The van der Waals surface area contributed by atoms with E-state index in [9.17, 15) is 9.59 Å². The summed E-state index contributed by atoms with van der Waals surface area (Å²) >= 11 is 0. The van der Waals surface area contributed by atoms with E-state index in [2.05, 4.69) is 5.32 Å². The van der Waals surface area contributed by atoms with Gasteiger partial charge < -0.3 is 16.0 Å². The van der Waals surface area contributed by atoms with Crippen molar-refractivity contribution in [2.45, 2.75) is 76.3 Å². The molecule has 2 aliphatic carbocycles. The third-order valence-corrected chi connectivity index (χ3v) is 6.10. The number of nitrogens with two attached hydrogens (primary N) is 1. The fourth-order valence-electron chi connectivity index (χ4n) is 4.68. The fourth-order valence-corrected chi connectivity index (χ4v) is 4.68. The van der Waals surface area contributed by atoms with Crippen molar-refractivity contribution in [3.63, 3.8) is 0 Å². The highest BCUT2D eigenvalue weighted by molar-refractivity contribution is 5.89. The van der Waals surface area contributed by atoms with Gasteiger partial charge in [-0.25, -0.2) is 0 Å². The van der Waals surface area contributed by atoms with Crippen LogP contribution in [0.1, 0.15) is 64.2 Å². The number of nitrogens with zero attached hydrogens (tertiary/aromatic N) is 1. The van der Waals surface area contributed by atoms with E-state index >= 15 is 0 Å². The molecule has 2 saturated carbocycles. The van der Waals surface area contributed by atoms with Crippen LogP contribution < -0.4 is 11.1 Å². The summed E-state index contributed by atoms with van der Waals surface area (Å²) in [6.07, 6.45) is 11.1. The average molecular weight is 358 g/mol. The molecule has 0 radical (unpaired) electrons. The molecular weight excluding hydrogens is 326 g/mol. The molecule has 5 nitrogen and oxygen atoms in total. The topological polar surface area (TPSA) is 75.4 Å². The first kappa shape index (κ1) is 19.5. The van der Waals surface area contributed by atoms with Crippen LogP contribution in [0.15, 0.2) is 0 Å². The van der Waals surface area contributed by atoms with Crippen molar-refractivity contribution >= 4 is 24.2 Å². The van der Waals surface area contributed by atoms with Gasteiger partial charge in [-0.2, -0.15) is 0 Å². The number of halogens is 1. The van der Waals surface area contributed by atoms with Crippen LogP contribution in [0, 0.1) is 11.8 Å². The van der Waals surface area contributed by atoms with Gasteiger partial charge in [0.05, 0.1) is 5.92 Å². The Morgan fingerprint density at radius 3 is 2.38 bits per heavy atom. The second kappa shape index (κ2) is 9.04. The molecule has 0 aromatic heterocycles. The second-order valence-electron chi connectivity index (χ2n) is 7.63. The molecule has 0 spiro atoms. The molecule has 0 aromatic rings. The molecule has 1 heterocycles. The maximum atomic E-state index is 12.6. The standard InChI is InChI=1S/C18H31N3O2.ClH/c19-11-16(13-6-2-1-3-7-13)20-18(23)14-10-17(22)21(12-14)15-8-4-5-9-15;/h13-16H,1-12,19H2,(H,20,23);1H. The molecule has 3 rings (SSSR count). The normalized spacial score (nSPS) is 27.1. The average Bonchev–Trinajstić information content (AvgIpc) is 3.22. The van der Waals surface area contributed by atoms with E-state index in [4.69, 9.17) is 5.73 Å². The van der Waals surface area contributed by atoms with Crippen LogP contribution >= 0.6 is 12.4 Å². The molecule has 3 fully saturated rings. The van der Waals surface area contributed by atoms with Crippen molar-refractivity contribution in [3.05, 3.63) is 0 Å². The molecule has 0 aromatic carbocycles. The van der Waals surface area contributed by atoms with Gasteiger partial charge in [-0.05, 0) is 31.6 Å². The van der Waals surface area contributed by atoms with Crippen molar-refractivity contribution in [1.29, 1.82) is 0 Å². The first-order chi connectivity index (χ1) is 11.2. The lowest BCUT2D eigenvalue weighted by molar-refractivity contribution is -0.130. The smallest absolute Gasteiger partial charge is 0.225 e. The summed E-state index contributed by atoms with van der Waals surface area (Å²) in [4.78, 5) is 26.8. The maximum Gasteiger partial charge on any atom is 0.225 e. The van der Waals surface area contributed by atoms with Crippen LogP contribution in [0.4, 0.5) is 0 Å². The highest BCUT2D eigenvalue weighted by Crippen LogP contribution is 2.30. The Balaban J connectivity index is 0.00000208. The number of carbonyl (C=O) groups is 2. The zero-order chi connectivity index (χ0) is 16.2. The second-order valence-corrected chi connectivity index (χ2v) is 7.63. The van der Waals surface area contributed by atoms with E-state index in [1.54, 1.807) is 0 Å². The van der Waals surface area contributed by atoms with E-state index in [1.165, 1.54) is 44.9 Å². The van der Waals surface area contributed by atoms with Crippen molar-refractivity contribution in [2.24, 2.45) is 17.6 Å². The van der Waals surface area contributed by atoms with Gasteiger partial charge in [0.15, 0.2) is 0 Å². The highest BCUT2D eigenvalue weighted by Gasteiger charge is 2.39. The molecule has 24 heavy (non-hydrogen) atoms.